The second-order valence-corrected chi connectivity index (χ2v) is 5.66. The molecule has 1 amide bonds. The molecule has 0 fully saturated rings. The van der Waals surface area contributed by atoms with Gasteiger partial charge in [0.2, 0.25) is 0 Å². The quantitative estimate of drug-likeness (QED) is 0.754. The number of pyridine rings is 1. The molecule has 1 aromatic heterocycles. The Labute approximate surface area is 120 Å². The van der Waals surface area contributed by atoms with E-state index in [2.05, 4.69) is 4.98 Å². The zero-order chi connectivity index (χ0) is 13.2. The highest BCUT2D eigenvalue weighted by Gasteiger charge is 2.23. The van der Waals surface area contributed by atoms with Crippen molar-refractivity contribution in [2.45, 2.75) is 4.90 Å². The molecule has 5 heteroatoms. The molecule has 0 saturated carbocycles. The van der Waals surface area contributed by atoms with Crippen molar-refractivity contribution in [2.24, 2.45) is 0 Å². The Kier molecular flexibility index (Phi) is 3.44. The minimum Gasteiger partial charge on any atom is -0.306 e. The van der Waals surface area contributed by atoms with Gasteiger partial charge in [0, 0.05) is 29.0 Å². The number of carbonyl (C=O) groups excluding carboxylic acids is 1. The highest BCUT2D eigenvalue weighted by Crippen LogP contribution is 2.35. The average Bonchev–Trinajstić information content (AvgIpc) is 2.46. The molecule has 0 radical (unpaired) electrons. The lowest BCUT2D eigenvalue weighted by molar-refractivity contribution is 0.0987. The van der Waals surface area contributed by atoms with Crippen LogP contribution in [0, 0.1) is 0 Å². The molecule has 96 valence electrons. The minimum absolute atomic E-state index is 0.0305. The van der Waals surface area contributed by atoms with Crippen molar-refractivity contribution < 1.29 is 4.79 Å². The van der Waals surface area contributed by atoms with E-state index in [-0.39, 0.29) is 5.91 Å². The minimum atomic E-state index is -0.0305. The topological polar surface area (TPSA) is 33.2 Å². The Hall–Kier alpha value is -1.52. The molecule has 1 aromatic carbocycles. The second kappa shape index (κ2) is 5.23. The molecular formula is C14H11ClN2OS. The van der Waals surface area contributed by atoms with Crippen molar-refractivity contribution >= 4 is 35.0 Å². The number of amides is 1. The highest BCUT2D eigenvalue weighted by molar-refractivity contribution is 7.99. The van der Waals surface area contributed by atoms with Gasteiger partial charge in [0.25, 0.3) is 5.91 Å². The zero-order valence-electron chi connectivity index (χ0n) is 10.0. The normalized spacial score (nSPS) is 14.1. The summed E-state index contributed by atoms with van der Waals surface area (Å²) in [6, 6.07) is 11.3. The summed E-state index contributed by atoms with van der Waals surface area (Å²) < 4.78 is 0. The number of fused-ring (bicyclic) bond motifs is 1. The van der Waals surface area contributed by atoms with Gasteiger partial charge >= 0.3 is 0 Å². The molecule has 0 aliphatic carbocycles. The van der Waals surface area contributed by atoms with Gasteiger partial charge in [-0.3, -0.25) is 4.79 Å². The third-order valence-corrected chi connectivity index (χ3v) is 4.20. The lowest BCUT2D eigenvalue weighted by Crippen LogP contribution is -2.35. The molecule has 0 spiro atoms. The van der Waals surface area contributed by atoms with Gasteiger partial charge in [0.05, 0.1) is 5.69 Å². The first-order valence-electron chi connectivity index (χ1n) is 5.91. The zero-order valence-corrected chi connectivity index (χ0v) is 11.6. The standard InChI is InChI=1S/C14H11ClN2OS/c15-13-9-10(5-6-16-13)14(18)17-7-8-19-12-4-2-1-3-11(12)17/h1-6,9H,7-8H2. The van der Waals surface area contributed by atoms with Crippen molar-refractivity contribution in [1.29, 1.82) is 0 Å². The molecule has 1 aliphatic heterocycles. The Bertz CT molecular complexity index is 632. The van der Waals surface area contributed by atoms with Crippen LogP contribution in [0.15, 0.2) is 47.5 Å². The number of nitrogens with zero attached hydrogens (tertiary/aromatic N) is 2. The van der Waals surface area contributed by atoms with Gasteiger partial charge in [-0.1, -0.05) is 23.7 Å². The number of benzene rings is 1. The highest BCUT2D eigenvalue weighted by atomic mass is 35.5. The van der Waals surface area contributed by atoms with Crippen LogP contribution in [0.4, 0.5) is 5.69 Å². The summed E-state index contributed by atoms with van der Waals surface area (Å²) in [5.74, 6) is 0.874. The van der Waals surface area contributed by atoms with Crippen LogP contribution in [0.3, 0.4) is 0 Å². The summed E-state index contributed by atoms with van der Waals surface area (Å²) in [5, 5.41) is 0.338. The third kappa shape index (κ3) is 2.46. The van der Waals surface area contributed by atoms with Gasteiger partial charge < -0.3 is 4.90 Å². The SMILES string of the molecule is O=C(c1ccnc(Cl)c1)N1CCSc2ccccc21. The van der Waals surface area contributed by atoms with Crippen LogP contribution in [0.25, 0.3) is 0 Å². The maximum Gasteiger partial charge on any atom is 0.258 e. The summed E-state index contributed by atoms with van der Waals surface area (Å²) in [6.07, 6.45) is 1.56. The number of hydrogen-bond donors (Lipinski definition) is 0. The maximum atomic E-state index is 12.5. The van der Waals surface area contributed by atoms with Crippen molar-refractivity contribution in [3.63, 3.8) is 0 Å². The lowest BCUT2D eigenvalue weighted by atomic mass is 10.2. The van der Waals surface area contributed by atoms with Gasteiger partial charge in [0.15, 0.2) is 0 Å². The maximum absolute atomic E-state index is 12.5. The van der Waals surface area contributed by atoms with Gasteiger partial charge in [-0.15, -0.1) is 11.8 Å². The predicted molar refractivity (Wildman–Crippen MR) is 78.1 cm³/mol. The van der Waals surface area contributed by atoms with Crippen LogP contribution in [0.1, 0.15) is 10.4 Å². The lowest BCUT2D eigenvalue weighted by Gasteiger charge is -2.29. The number of anilines is 1. The average molecular weight is 291 g/mol. The molecule has 0 saturated heterocycles. The first-order chi connectivity index (χ1) is 9.25. The van der Waals surface area contributed by atoms with E-state index in [0.29, 0.717) is 17.3 Å². The van der Waals surface area contributed by atoms with Gasteiger partial charge in [-0.05, 0) is 24.3 Å². The first kappa shape index (κ1) is 12.5. The smallest absolute Gasteiger partial charge is 0.258 e. The van der Waals surface area contributed by atoms with E-state index >= 15 is 0 Å². The monoisotopic (exact) mass is 290 g/mol. The Balaban J connectivity index is 1.98. The summed E-state index contributed by atoms with van der Waals surface area (Å²) in [4.78, 5) is 19.4. The van der Waals surface area contributed by atoms with Crippen LogP contribution in [0.5, 0.6) is 0 Å². The van der Waals surface area contributed by atoms with Crippen LogP contribution in [0.2, 0.25) is 5.15 Å². The Morgan fingerprint density at radius 1 is 1.32 bits per heavy atom. The molecule has 3 rings (SSSR count). The molecule has 2 aromatic rings. The van der Waals surface area contributed by atoms with Crippen molar-refractivity contribution in [2.75, 3.05) is 17.2 Å². The predicted octanol–water partition coefficient (Wildman–Crippen LogP) is 3.49. The number of halogens is 1. The molecule has 0 atom stereocenters. The van der Waals surface area contributed by atoms with E-state index in [1.54, 1.807) is 35.0 Å². The molecule has 0 N–H and O–H groups in total. The Morgan fingerprint density at radius 3 is 3.00 bits per heavy atom. The summed E-state index contributed by atoms with van der Waals surface area (Å²) in [6.45, 7) is 0.709. The van der Waals surface area contributed by atoms with E-state index < -0.39 is 0 Å². The number of hydrogen-bond acceptors (Lipinski definition) is 3. The molecule has 2 heterocycles. The molecule has 0 unspecified atom stereocenters. The largest absolute Gasteiger partial charge is 0.306 e. The first-order valence-corrected chi connectivity index (χ1v) is 7.27. The van der Waals surface area contributed by atoms with Crippen molar-refractivity contribution in [3.8, 4) is 0 Å². The Morgan fingerprint density at radius 2 is 2.16 bits per heavy atom. The van der Waals surface area contributed by atoms with Gasteiger partial charge in [-0.2, -0.15) is 0 Å². The fraction of sp³-hybridized carbons (Fsp3) is 0.143. The molecular weight excluding hydrogens is 280 g/mol. The summed E-state index contributed by atoms with van der Waals surface area (Å²) >= 11 is 7.62. The third-order valence-electron chi connectivity index (χ3n) is 2.95. The molecule has 0 bridgehead atoms. The van der Waals surface area contributed by atoms with E-state index in [1.807, 2.05) is 24.3 Å². The van der Waals surface area contributed by atoms with E-state index in [0.717, 1.165) is 16.3 Å². The molecule has 19 heavy (non-hydrogen) atoms. The summed E-state index contributed by atoms with van der Waals surface area (Å²) in [5.41, 5.74) is 1.54. The van der Waals surface area contributed by atoms with Crippen molar-refractivity contribution in [3.05, 3.63) is 53.3 Å². The fourth-order valence-electron chi connectivity index (χ4n) is 2.07. The number of rotatable bonds is 1. The van der Waals surface area contributed by atoms with E-state index in [4.69, 9.17) is 11.6 Å². The molecule has 3 nitrogen and oxygen atoms in total. The van der Waals surface area contributed by atoms with Crippen LogP contribution in [-0.2, 0) is 0 Å². The number of carbonyl (C=O) groups is 1. The van der Waals surface area contributed by atoms with Crippen LogP contribution < -0.4 is 4.90 Å². The van der Waals surface area contributed by atoms with E-state index in [9.17, 15) is 4.79 Å². The van der Waals surface area contributed by atoms with Gasteiger partial charge in [-0.25, -0.2) is 4.98 Å². The summed E-state index contributed by atoms with van der Waals surface area (Å²) in [7, 11) is 0. The number of thioether (sulfide) groups is 1. The second-order valence-electron chi connectivity index (χ2n) is 4.14. The molecule has 1 aliphatic rings. The van der Waals surface area contributed by atoms with Crippen LogP contribution >= 0.6 is 23.4 Å². The number of aromatic nitrogens is 1. The van der Waals surface area contributed by atoms with Crippen LogP contribution in [-0.4, -0.2) is 23.2 Å². The number of para-hydroxylation sites is 1. The van der Waals surface area contributed by atoms with Gasteiger partial charge in [0.1, 0.15) is 5.15 Å². The fourth-order valence-corrected chi connectivity index (χ4v) is 3.24. The van der Waals surface area contributed by atoms with E-state index in [1.165, 1.54) is 0 Å². The van der Waals surface area contributed by atoms with Crippen molar-refractivity contribution in [1.82, 2.24) is 4.98 Å².